The molecule has 0 saturated carbocycles. The minimum Gasteiger partial charge on any atom is -0.465 e. The van der Waals surface area contributed by atoms with E-state index in [1.165, 1.54) is 29.7 Å². The number of benzene rings is 2. The van der Waals surface area contributed by atoms with Crippen molar-refractivity contribution in [2.45, 2.75) is 24.8 Å². The Morgan fingerprint density at radius 3 is 2.12 bits per heavy atom. The van der Waals surface area contributed by atoms with E-state index in [9.17, 15) is 18.0 Å². The summed E-state index contributed by atoms with van der Waals surface area (Å²) in [6, 6.07) is 14.1. The third-order valence-electron chi connectivity index (χ3n) is 4.71. The van der Waals surface area contributed by atoms with Gasteiger partial charge in [-0.05, 0) is 43.7 Å². The number of aromatic nitrogens is 1. The highest BCUT2D eigenvalue weighted by Crippen LogP contribution is 2.30. The summed E-state index contributed by atoms with van der Waals surface area (Å²) in [5.41, 5.74) is 1.16. The Bertz CT molecular complexity index is 1170. The number of esters is 2. The Hall–Kier alpha value is -3.44. The van der Waals surface area contributed by atoms with Crippen LogP contribution in [-0.4, -0.2) is 38.6 Å². The summed E-state index contributed by atoms with van der Waals surface area (Å²) >= 11 is 1.17. The summed E-state index contributed by atoms with van der Waals surface area (Å²) in [4.78, 5) is 29.5. The van der Waals surface area contributed by atoms with Crippen LogP contribution in [0.5, 0.6) is 0 Å². The van der Waals surface area contributed by atoms with E-state index in [2.05, 4.69) is 15.0 Å². The Morgan fingerprint density at radius 2 is 1.59 bits per heavy atom. The molecule has 11 heteroatoms. The summed E-state index contributed by atoms with van der Waals surface area (Å²) in [6.07, 6.45) is 1.50. The maximum Gasteiger partial charge on any atom is 0.322 e. The molecule has 180 valence electrons. The molecule has 0 bridgehead atoms. The van der Waals surface area contributed by atoms with Gasteiger partial charge in [0.1, 0.15) is 0 Å². The van der Waals surface area contributed by atoms with Gasteiger partial charge in [0.05, 0.1) is 24.2 Å². The van der Waals surface area contributed by atoms with E-state index in [0.717, 1.165) is 0 Å². The summed E-state index contributed by atoms with van der Waals surface area (Å²) in [5, 5.41) is 5.10. The average Bonchev–Trinajstić information content (AvgIpc) is 3.32. The molecule has 1 heterocycles. The van der Waals surface area contributed by atoms with Crippen LogP contribution in [0.15, 0.2) is 71.1 Å². The molecule has 0 aliphatic heterocycles. The van der Waals surface area contributed by atoms with Crippen molar-refractivity contribution in [2.24, 2.45) is 5.92 Å². The Balaban J connectivity index is 1.90. The third kappa shape index (κ3) is 6.33. The van der Waals surface area contributed by atoms with Crippen LogP contribution in [0, 0.1) is 5.92 Å². The van der Waals surface area contributed by atoms with E-state index in [4.69, 9.17) is 9.47 Å². The predicted octanol–water partition coefficient (Wildman–Crippen LogP) is 3.84. The number of carbonyl (C=O) groups excluding carboxylic acids is 2. The van der Waals surface area contributed by atoms with Gasteiger partial charge in [0.2, 0.25) is 0 Å². The second-order valence-corrected chi connectivity index (χ2v) is 9.56. The summed E-state index contributed by atoms with van der Waals surface area (Å²) in [7, 11) is -3.82. The van der Waals surface area contributed by atoms with E-state index in [-0.39, 0.29) is 23.2 Å². The summed E-state index contributed by atoms with van der Waals surface area (Å²) in [5.74, 6) is -2.69. The van der Waals surface area contributed by atoms with Crippen molar-refractivity contribution in [3.63, 3.8) is 0 Å². The lowest BCUT2D eigenvalue weighted by Gasteiger charge is -2.26. The highest BCUT2D eigenvalue weighted by molar-refractivity contribution is 7.93. The zero-order chi connectivity index (χ0) is 24.6. The van der Waals surface area contributed by atoms with Gasteiger partial charge in [0, 0.05) is 17.3 Å². The fraction of sp³-hybridized carbons (Fsp3) is 0.261. The van der Waals surface area contributed by atoms with Gasteiger partial charge in [-0.1, -0.05) is 30.3 Å². The van der Waals surface area contributed by atoms with Crippen LogP contribution >= 0.6 is 11.3 Å². The number of rotatable bonds is 11. The smallest absolute Gasteiger partial charge is 0.322 e. The molecule has 34 heavy (non-hydrogen) atoms. The van der Waals surface area contributed by atoms with Gasteiger partial charge in [-0.15, -0.1) is 11.3 Å². The van der Waals surface area contributed by atoms with Crippen LogP contribution in [0.4, 0.5) is 10.8 Å². The highest BCUT2D eigenvalue weighted by atomic mass is 32.2. The Kier molecular flexibility index (Phi) is 8.61. The zero-order valence-corrected chi connectivity index (χ0v) is 20.3. The van der Waals surface area contributed by atoms with E-state index in [0.29, 0.717) is 11.3 Å². The van der Waals surface area contributed by atoms with Crippen LogP contribution in [0.3, 0.4) is 0 Å². The quantitative estimate of drug-likeness (QED) is 0.299. The summed E-state index contributed by atoms with van der Waals surface area (Å²) < 4.78 is 37.9. The van der Waals surface area contributed by atoms with Crippen LogP contribution < -0.4 is 10.0 Å². The van der Waals surface area contributed by atoms with Gasteiger partial charge in [0.15, 0.2) is 11.0 Å². The Labute approximate surface area is 202 Å². The van der Waals surface area contributed by atoms with Gasteiger partial charge >= 0.3 is 11.9 Å². The monoisotopic (exact) mass is 503 g/mol. The molecule has 9 nitrogen and oxygen atoms in total. The first-order valence-electron chi connectivity index (χ1n) is 10.5. The minimum absolute atomic E-state index is 0.0387. The second kappa shape index (κ2) is 11.6. The van der Waals surface area contributed by atoms with Crippen molar-refractivity contribution >= 4 is 44.1 Å². The molecule has 3 aromatic rings. The molecule has 0 amide bonds. The number of ether oxygens (including phenoxy) is 2. The molecule has 0 spiro atoms. The number of anilines is 2. The molecule has 2 aromatic carbocycles. The lowest BCUT2D eigenvalue weighted by Crippen LogP contribution is -2.36. The van der Waals surface area contributed by atoms with Crippen molar-refractivity contribution in [2.75, 3.05) is 23.3 Å². The highest BCUT2D eigenvalue weighted by Gasteiger charge is 2.38. The van der Waals surface area contributed by atoms with E-state index in [1.807, 2.05) is 6.07 Å². The number of hydrogen-bond acceptors (Lipinski definition) is 9. The summed E-state index contributed by atoms with van der Waals surface area (Å²) in [6.45, 7) is 3.53. The lowest BCUT2D eigenvalue weighted by atomic mass is 9.92. The molecule has 2 N–H and O–H groups in total. The number of carbonyl (C=O) groups is 2. The normalized spacial score (nSPS) is 12.1. The SMILES string of the molecule is CCOC(=O)C(C(=O)OCC)[C@H](Nc1ccc(S(=O)(=O)Nc2nccs2)cc1)c1ccccc1. The molecular weight excluding hydrogens is 478 g/mol. The van der Waals surface area contributed by atoms with Crippen LogP contribution in [0.1, 0.15) is 25.5 Å². The van der Waals surface area contributed by atoms with Crippen LogP contribution in [0.2, 0.25) is 0 Å². The van der Waals surface area contributed by atoms with Crippen molar-refractivity contribution in [1.82, 2.24) is 4.98 Å². The predicted molar refractivity (Wildman–Crippen MR) is 129 cm³/mol. The van der Waals surface area contributed by atoms with Gasteiger partial charge < -0.3 is 14.8 Å². The molecule has 0 unspecified atom stereocenters. The molecule has 0 aliphatic rings. The second-order valence-electron chi connectivity index (χ2n) is 6.98. The first-order chi connectivity index (χ1) is 16.4. The van der Waals surface area contributed by atoms with Gasteiger partial charge in [0.25, 0.3) is 10.0 Å². The third-order valence-corrected chi connectivity index (χ3v) is 6.89. The van der Waals surface area contributed by atoms with Gasteiger partial charge in [-0.25, -0.2) is 13.4 Å². The molecule has 3 rings (SSSR count). The van der Waals surface area contributed by atoms with Crippen molar-refractivity contribution in [3.05, 3.63) is 71.7 Å². The van der Waals surface area contributed by atoms with Crippen molar-refractivity contribution in [3.8, 4) is 0 Å². The largest absolute Gasteiger partial charge is 0.465 e. The van der Waals surface area contributed by atoms with E-state index in [1.54, 1.807) is 55.6 Å². The zero-order valence-electron chi connectivity index (χ0n) is 18.6. The molecule has 0 radical (unpaired) electrons. The van der Waals surface area contributed by atoms with Crippen LogP contribution in [-0.2, 0) is 29.1 Å². The molecule has 1 aromatic heterocycles. The average molecular weight is 504 g/mol. The fourth-order valence-electron chi connectivity index (χ4n) is 3.21. The molecular formula is C23H25N3O6S2. The van der Waals surface area contributed by atoms with Crippen molar-refractivity contribution in [1.29, 1.82) is 0 Å². The first kappa shape index (κ1) is 25.2. The number of hydrogen-bond donors (Lipinski definition) is 2. The van der Waals surface area contributed by atoms with E-state index >= 15 is 0 Å². The molecule has 0 fully saturated rings. The molecule has 0 saturated heterocycles. The maximum absolute atomic E-state index is 12.7. The molecule has 1 atom stereocenters. The number of nitrogens with zero attached hydrogens (tertiary/aromatic N) is 1. The minimum atomic E-state index is -3.82. The van der Waals surface area contributed by atoms with Crippen LogP contribution in [0.25, 0.3) is 0 Å². The maximum atomic E-state index is 12.7. The topological polar surface area (TPSA) is 124 Å². The standard InChI is InChI=1S/C23H25N3O6S2/c1-3-31-21(27)19(22(28)32-4-2)20(16-8-6-5-7-9-16)25-17-10-12-18(13-11-17)34(29,30)26-23-24-14-15-33-23/h5-15,19-20,25H,3-4H2,1-2H3,(H,24,26)/t20-/m1/s1. The fourth-order valence-corrected chi connectivity index (χ4v) is 5.00. The van der Waals surface area contributed by atoms with Gasteiger partial charge in [-0.2, -0.15) is 0 Å². The Morgan fingerprint density at radius 1 is 0.971 bits per heavy atom. The van der Waals surface area contributed by atoms with Gasteiger partial charge in [-0.3, -0.25) is 14.3 Å². The number of sulfonamides is 1. The number of nitrogens with one attached hydrogen (secondary N) is 2. The number of thiazole rings is 1. The lowest BCUT2D eigenvalue weighted by molar-refractivity contribution is -0.162. The first-order valence-corrected chi connectivity index (χ1v) is 12.9. The van der Waals surface area contributed by atoms with Crippen molar-refractivity contribution < 1.29 is 27.5 Å². The molecule has 0 aliphatic carbocycles. The van der Waals surface area contributed by atoms with E-state index < -0.39 is 33.9 Å².